The average molecular weight is 485 g/mol. The minimum Gasteiger partial charge on any atom is -0.481 e. The normalized spacial score (nSPS) is 11.7. The zero-order valence-corrected chi connectivity index (χ0v) is 18.0. The maximum atomic E-state index is 13.6. The predicted octanol–water partition coefficient (Wildman–Crippen LogP) is 4.73. The first-order valence-electron chi connectivity index (χ1n) is 9.24. The Morgan fingerprint density at radius 1 is 1.00 bits per heavy atom. The van der Waals surface area contributed by atoms with Crippen LogP contribution in [0.3, 0.4) is 0 Å². The van der Waals surface area contributed by atoms with Gasteiger partial charge in [-0.15, -0.1) is 0 Å². The first kappa shape index (κ1) is 22.2. The molecule has 3 aromatic carbocycles. The lowest BCUT2D eigenvalue weighted by atomic mass is 10.2. The third-order valence-electron chi connectivity index (χ3n) is 4.07. The van der Waals surface area contributed by atoms with Crippen molar-refractivity contribution >= 4 is 34.0 Å². The molecule has 3 rings (SSSR count). The molecule has 1 amide bonds. The maximum absolute atomic E-state index is 13.6. The van der Waals surface area contributed by atoms with Crippen molar-refractivity contribution in [1.29, 1.82) is 0 Å². The Labute approximate surface area is 186 Å². The van der Waals surface area contributed by atoms with E-state index in [2.05, 4.69) is 26.5 Å². The Morgan fingerprint density at radius 2 is 1.65 bits per heavy atom. The summed E-state index contributed by atoms with van der Waals surface area (Å²) in [6.45, 7) is 1.62. The number of hydrogen-bond donors (Lipinski definition) is 1. The van der Waals surface area contributed by atoms with Crippen LogP contribution in [0.25, 0.3) is 0 Å². The summed E-state index contributed by atoms with van der Waals surface area (Å²) >= 11 is 3.33. The van der Waals surface area contributed by atoms with Gasteiger partial charge in [-0.2, -0.15) is 5.10 Å². The number of benzene rings is 3. The van der Waals surface area contributed by atoms with E-state index in [1.807, 2.05) is 12.1 Å². The summed E-state index contributed by atoms with van der Waals surface area (Å²) in [6, 6.07) is 19.1. The van der Waals surface area contributed by atoms with E-state index >= 15 is 0 Å². The lowest BCUT2D eigenvalue weighted by Crippen LogP contribution is -2.33. The summed E-state index contributed by atoms with van der Waals surface area (Å²) in [5, 5.41) is 3.90. The van der Waals surface area contributed by atoms with Crippen molar-refractivity contribution in [3.05, 3.63) is 94.2 Å². The van der Waals surface area contributed by atoms with Crippen molar-refractivity contribution in [1.82, 2.24) is 5.43 Å². The molecule has 0 spiro atoms. The summed E-state index contributed by atoms with van der Waals surface area (Å²) < 4.78 is 25.3. The highest BCUT2D eigenvalue weighted by Crippen LogP contribution is 2.17. The van der Waals surface area contributed by atoms with Crippen molar-refractivity contribution in [2.24, 2.45) is 5.10 Å². The molecule has 0 saturated heterocycles. The quantitative estimate of drug-likeness (QED) is 0.227. The molecule has 0 aliphatic heterocycles. The number of nitrogens with zero attached hydrogens (tertiary/aromatic N) is 1. The van der Waals surface area contributed by atoms with Crippen LogP contribution < -0.4 is 14.9 Å². The van der Waals surface area contributed by atoms with E-state index in [1.165, 1.54) is 24.4 Å². The average Bonchev–Trinajstić information content (AvgIpc) is 2.76. The molecule has 0 aliphatic rings. The summed E-state index contributed by atoms with van der Waals surface area (Å²) in [4.78, 5) is 24.1. The minimum absolute atomic E-state index is 0.143. The van der Waals surface area contributed by atoms with Crippen LogP contribution in [-0.2, 0) is 4.79 Å². The van der Waals surface area contributed by atoms with E-state index in [-0.39, 0.29) is 11.3 Å². The van der Waals surface area contributed by atoms with E-state index in [9.17, 15) is 14.0 Å². The van der Waals surface area contributed by atoms with E-state index < -0.39 is 23.8 Å². The van der Waals surface area contributed by atoms with Gasteiger partial charge in [-0.1, -0.05) is 28.1 Å². The maximum Gasteiger partial charge on any atom is 0.346 e. The second-order valence-corrected chi connectivity index (χ2v) is 7.30. The third kappa shape index (κ3) is 6.48. The lowest BCUT2D eigenvalue weighted by molar-refractivity contribution is -0.127. The van der Waals surface area contributed by atoms with Crippen LogP contribution in [-0.4, -0.2) is 24.2 Å². The van der Waals surface area contributed by atoms with Gasteiger partial charge < -0.3 is 9.47 Å². The third-order valence-corrected chi connectivity index (χ3v) is 4.60. The zero-order chi connectivity index (χ0) is 22.2. The Kier molecular flexibility index (Phi) is 7.50. The Hall–Kier alpha value is -3.52. The van der Waals surface area contributed by atoms with E-state index in [4.69, 9.17) is 9.47 Å². The molecular formula is C23H18BrFN2O4. The molecule has 0 fully saturated rings. The van der Waals surface area contributed by atoms with Gasteiger partial charge in [0.25, 0.3) is 5.91 Å². The highest BCUT2D eigenvalue weighted by molar-refractivity contribution is 9.10. The van der Waals surface area contributed by atoms with Gasteiger partial charge in [-0.25, -0.2) is 14.6 Å². The van der Waals surface area contributed by atoms with E-state index in [1.54, 1.807) is 49.4 Å². The van der Waals surface area contributed by atoms with Crippen LogP contribution in [0.2, 0.25) is 0 Å². The Balaban J connectivity index is 1.51. The van der Waals surface area contributed by atoms with Gasteiger partial charge in [0.2, 0.25) is 0 Å². The molecule has 0 radical (unpaired) electrons. The molecule has 0 heterocycles. The van der Waals surface area contributed by atoms with Gasteiger partial charge in [-0.3, -0.25) is 4.79 Å². The fourth-order valence-electron chi connectivity index (χ4n) is 2.44. The zero-order valence-electron chi connectivity index (χ0n) is 16.4. The molecule has 0 bridgehead atoms. The number of hydrazone groups is 1. The van der Waals surface area contributed by atoms with Crippen molar-refractivity contribution in [3.8, 4) is 11.5 Å². The van der Waals surface area contributed by atoms with Crippen molar-refractivity contribution in [3.63, 3.8) is 0 Å². The standard InChI is InChI=1S/C23H18BrFN2O4/c1-15(30-18-12-8-17(24)9-13-18)22(28)27-26-14-16-6-10-19(11-7-16)31-23(29)20-4-2-3-5-21(20)25/h2-15H,1H3,(H,27,28)/b26-14+. The van der Waals surface area contributed by atoms with Gasteiger partial charge in [0, 0.05) is 4.47 Å². The first-order chi connectivity index (χ1) is 14.9. The highest BCUT2D eigenvalue weighted by Gasteiger charge is 2.14. The predicted molar refractivity (Wildman–Crippen MR) is 118 cm³/mol. The van der Waals surface area contributed by atoms with Crippen LogP contribution >= 0.6 is 15.9 Å². The second-order valence-electron chi connectivity index (χ2n) is 6.39. The molecule has 0 saturated carbocycles. The molecule has 1 N–H and O–H groups in total. The number of rotatable bonds is 7. The SMILES string of the molecule is CC(Oc1ccc(Br)cc1)C(=O)N/N=C/c1ccc(OC(=O)c2ccccc2F)cc1. The largest absolute Gasteiger partial charge is 0.481 e. The minimum atomic E-state index is -0.786. The summed E-state index contributed by atoms with van der Waals surface area (Å²) in [7, 11) is 0. The molecule has 0 aliphatic carbocycles. The molecule has 1 atom stereocenters. The van der Waals surface area contributed by atoms with Crippen LogP contribution in [0.15, 0.2) is 82.4 Å². The first-order valence-corrected chi connectivity index (χ1v) is 10.0. The monoisotopic (exact) mass is 484 g/mol. The van der Waals surface area contributed by atoms with E-state index in [0.29, 0.717) is 11.3 Å². The molecular weight excluding hydrogens is 467 g/mol. The van der Waals surface area contributed by atoms with Gasteiger partial charge in [0.1, 0.15) is 17.3 Å². The molecule has 0 aromatic heterocycles. The summed E-state index contributed by atoms with van der Waals surface area (Å²) in [6.07, 6.45) is 0.700. The van der Waals surface area contributed by atoms with E-state index in [0.717, 1.165) is 4.47 Å². The number of carbonyl (C=O) groups is 2. The van der Waals surface area contributed by atoms with Crippen LogP contribution in [0.5, 0.6) is 11.5 Å². The Bertz CT molecular complexity index is 1090. The summed E-state index contributed by atoms with van der Waals surface area (Å²) in [5.41, 5.74) is 2.92. The fraction of sp³-hybridized carbons (Fsp3) is 0.0870. The van der Waals surface area contributed by atoms with Crippen molar-refractivity contribution in [2.75, 3.05) is 0 Å². The fourth-order valence-corrected chi connectivity index (χ4v) is 2.71. The van der Waals surface area contributed by atoms with Gasteiger partial charge in [0.15, 0.2) is 6.10 Å². The number of esters is 1. The molecule has 3 aromatic rings. The highest BCUT2D eigenvalue weighted by atomic mass is 79.9. The number of halogens is 2. The summed E-state index contributed by atoms with van der Waals surface area (Å²) in [5.74, 6) is -1.02. The lowest BCUT2D eigenvalue weighted by Gasteiger charge is -2.12. The molecule has 158 valence electrons. The smallest absolute Gasteiger partial charge is 0.346 e. The van der Waals surface area contributed by atoms with Gasteiger partial charge in [-0.05, 0) is 73.2 Å². The van der Waals surface area contributed by atoms with Crippen LogP contribution in [0.4, 0.5) is 4.39 Å². The van der Waals surface area contributed by atoms with Crippen LogP contribution in [0.1, 0.15) is 22.8 Å². The molecule has 8 heteroatoms. The molecule has 31 heavy (non-hydrogen) atoms. The second kappa shape index (κ2) is 10.5. The molecule has 6 nitrogen and oxygen atoms in total. The van der Waals surface area contributed by atoms with Gasteiger partial charge >= 0.3 is 5.97 Å². The number of nitrogens with one attached hydrogen (secondary N) is 1. The van der Waals surface area contributed by atoms with Crippen molar-refractivity contribution < 1.29 is 23.5 Å². The number of carbonyl (C=O) groups excluding carboxylic acids is 2. The number of amides is 1. The topological polar surface area (TPSA) is 77.0 Å². The van der Waals surface area contributed by atoms with Crippen molar-refractivity contribution in [2.45, 2.75) is 13.0 Å². The number of ether oxygens (including phenoxy) is 2. The Morgan fingerprint density at radius 3 is 2.32 bits per heavy atom. The van der Waals surface area contributed by atoms with Crippen LogP contribution in [0, 0.1) is 5.82 Å². The number of hydrogen-bond acceptors (Lipinski definition) is 5. The molecule has 1 unspecified atom stereocenters. The van der Waals surface area contributed by atoms with Gasteiger partial charge in [0.05, 0.1) is 11.8 Å².